The van der Waals surface area contributed by atoms with Crippen LogP contribution in [0.4, 0.5) is 0 Å². The van der Waals surface area contributed by atoms with E-state index in [2.05, 4.69) is 4.74 Å². The zero-order chi connectivity index (χ0) is 16.6. The number of piperidine rings is 1. The molecule has 1 atom stereocenters. The number of rotatable bonds is 2. The van der Waals surface area contributed by atoms with Crippen LogP contribution >= 0.6 is 11.6 Å². The molecule has 2 aliphatic rings. The van der Waals surface area contributed by atoms with Gasteiger partial charge in [0.1, 0.15) is 17.9 Å². The first kappa shape index (κ1) is 15.8. The molecule has 1 unspecified atom stereocenters. The third kappa shape index (κ3) is 3.03. The number of Topliss-reactive ketones (excluding diaryl/α,β-unsaturated/α-hetero) is 1. The summed E-state index contributed by atoms with van der Waals surface area (Å²) >= 11 is 5.97. The van der Waals surface area contributed by atoms with Crippen LogP contribution in [0.1, 0.15) is 29.6 Å². The fourth-order valence-corrected chi connectivity index (χ4v) is 3.23. The number of carbonyl (C=O) groups excluding carboxylic acids is 3. The van der Waals surface area contributed by atoms with Gasteiger partial charge in [-0.05, 0) is 24.6 Å². The summed E-state index contributed by atoms with van der Waals surface area (Å²) in [5, 5.41) is 0.479. The van der Waals surface area contributed by atoms with Crippen LogP contribution in [-0.2, 0) is 14.3 Å². The number of likely N-dealkylation sites (tertiary alicyclic amines) is 1. The number of carbonyl (C=O) groups is 3. The van der Waals surface area contributed by atoms with E-state index in [-0.39, 0.29) is 37.6 Å². The summed E-state index contributed by atoms with van der Waals surface area (Å²) in [6.45, 7) is 0.0374. The molecule has 23 heavy (non-hydrogen) atoms. The normalized spacial score (nSPS) is 23.5. The summed E-state index contributed by atoms with van der Waals surface area (Å²) in [5.41, 5.74) is -0.312. The molecule has 2 aliphatic heterocycles. The number of esters is 1. The average molecular weight is 338 g/mol. The largest absolute Gasteiger partial charge is 0.484 e. The monoisotopic (exact) mass is 337 g/mol. The molecule has 122 valence electrons. The number of hydrogen-bond acceptors (Lipinski definition) is 5. The number of ether oxygens (including phenoxy) is 2. The van der Waals surface area contributed by atoms with Gasteiger partial charge in [-0.25, -0.2) is 0 Å². The van der Waals surface area contributed by atoms with E-state index in [1.54, 1.807) is 18.2 Å². The van der Waals surface area contributed by atoms with E-state index < -0.39 is 11.6 Å². The van der Waals surface area contributed by atoms with Crippen molar-refractivity contribution in [1.82, 2.24) is 4.90 Å². The molecule has 0 aliphatic carbocycles. The van der Waals surface area contributed by atoms with Gasteiger partial charge in [0.15, 0.2) is 5.78 Å². The maximum absolute atomic E-state index is 12.4. The summed E-state index contributed by atoms with van der Waals surface area (Å²) in [7, 11) is 1.27. The number of fused-ring (bicyclic) bond motifs is 1. The molecule has 1 amide bonds. The molecule has 0 aromatic heterocycles. The van der Waals surface area contributed by atoms with Crippen LogP contribution in [0.5, 0.6) is 5.75 Å². The average Bonchev–Trinajstić information content (AvgIpc) is 2.50. The molecular formula is C16H16ClNO5. The number of halogens is 1. The highest BCUT2D eigenvalue weighted by molar-refractivity contribution is 6.30. The highest BCUT2D eigenvalue weighted by Crippen LogP contribution is 2.39. The smallest absolute Gasteiger partial charge is 0.325 e. The van der Waals surface area contributed by atoms with Crippen molar-refractivity contribution in [3.63, 3.8) is 0 Å². The minimum absolute atomic E-state index is 0.0460. The molecule has 2 heterocycles. The van der Waals surface area contributed by atoms with Gasteiger partial charge in [-0.1, -0.05) is 11.6 Å². The van der Waals surface area contributed by atoms with E-state index in [9.17, 15) is 14.4 Å². The van der Waals surface area contributed by atoms with Gasteiger partial charge in [-0.3, -0.25) is 14.4 Å². The van der Waals surface area contributed by atoms with Gasteiger partial charge in [0, 0.05) is 11.4 Å². The third-order valence-electron chi connectivity index (χ3n) is 4.23. The van der Waals surface area contributed by atoms with Crippen molar-refractivity contribution in [1.29, 1.82) is 0 Å². The molecule has 1 aromatic carbocycles. The standard InChI is InChI=1S/C16H16ClNO5/c1-22-15(21)8-18-9-16(5-4-14(18)20)7-12(19)11-3-2-10(17)6-13(11)23-16/h2-3,6H,4-5,7-9H2,1H3. The molecule has 0 saturated carbocycles. The highest BCUT2D eigenvalue weighted by atomic mass is 35.5. The van der Waals surface area contributed by atoms with Gasteiger partial charge in [0.25, 0.3) is 0 Å². The molecular weight excluding hydrogens is 322 g/mol. The molecule has 0 bridgehead atoms. The number of benzene rings is 1. The first-order chi connectivity index (χ1) is 10.9. The molecule has 0 radical (unpaired) electrons. The van der Waals surface area contributed by atoms with E-state index in [1.165, 1.54) is 12.0 Å². The summed E-state index contributed by atoms with van der Waals surface area (Å²) in [5.74, 6) is -0.258. The molecule has 6 nitrogen and oxygen atoms in total. The lowest BCUT2D eigenvalue weighted by Crippen LogP contribution is -2.57. The lowest BCUT2D eigenvalue weighted by Gasteiger charge is -2.44. The van der Waals surface area contributed by atoms with Crippen molar-refractivity contribution in [2.45, 2.75) is 24.9 Å². The zero-order valence-electron chi connectivity index (χ0n) is 12.6. The summed E-state index contributed by atoms with van der Waals surface area (Å²) < 4.78 is 10.7. The minimum atomic E-state index is -0.809. The lowest BCUT2D eigenvalue weighted by atomic mass is 9.83. The van der Waals surface area contributed by atoms with Crippen LogP contribution in [0.15, 0.2) is 18.2 Å². The number of amides is 1. The lowest BCUT2D eigenvalue weighted by molar-refractivity contribution is -0.152. The third-order valence-corrected chi connectivity index (χ3v) is 4.46. The Bertz CT molecular complexity index is 689. The van der Waals surface area contributed by atoms with E-state index >= 15 is 0 Å². The topological polar surface area (TPSA) is 72.9 Å². The van der Waals surface area contributed by atoms with Crippen molar-refractivity contribution in [3.8, 4) is 5.75 Å². The van der Waals surface area contributed by atoms with Crippen molar-refractivity contribution in [3.05, 3.63) is 28.8 Å². The van der Waals surface area contributed by atoms with Gasteiger partial charge in [0.05, 0.1) is 25.6 Å². The number of nitrogens with zero attached hydrogens (tertiary/aromatic N) is 1. The Morgan fingerprint density at radius 1 is 1.43 bits per heavy atom. The second kappa shape index (κ2) is 5.85. The van der Waals surface area contributed by atoms with Crippen LogP contribution in [-0.4, -0.2) is 48.4 Å². The van der Waals surface area contributed by atoms with E-state index in [4.69, 9.17) is 16.3 Å². The molecule has 7 heteroatoms. The van der Waals surface area contributed by atoms with Crippen LogP contribution in [0.2, 0.25) is 5.02 Å². The summed E-state index contributed by atoms with van der Waals surface area (Å²) in [6.07, 6.45) is 0.827. The fraction of sp³-hybridized carbons (Fsp3) is 0.438. The van der Waals surface area contributed by atoms with Gasteiger partial charge >= 0.3 is 5.97 Å². The Labute approximate surface area is 138 Å². The first-order valence-electron chi connectivity index (χ1n) is 7.29. The number of methoxy groups -OCH3 is 1. The predicted molar refractivity (Wildman–Crippen MR) is 81.6 cm³/mol. The fourth-order valence-electron chi connectivity index (χ4n) is 3.07. The van der Waals surface area contributed by atoms with Crippen LogP contribution in [0.3, 0.4) is 0 Å². The Balaban J connectivity index is 1.86. The van der Waals surface area contributed by atoms with Gasteiger partial charge in [0.2, 0.25) is 5.91 Å². The summed E-state index contributed by atoms with van der Waals surface area (Å²) in [4.78, 5) is 37.3. The zero-order valence-corrected chi connectivity index (χ0v) is 13.4. The maximum atomic E-state index is 12.4. The molecule has 1 fully saturated rings. The van der Waals surface area contributed by atoms with Gasteiger partial charge in [-0.2, -0.15) is 0 Å². The number of ketones is 1. The molecule has 1 saturated heterocycles. The van der Waals surface area contributed by atoms with Gasteiger partial charge in [-0.15, -0.1) is 0 Å². The summed E-state index contributed by atoms with van der Waals surface area (Å²) in [6, 6.07) is 4.90. The maximum Gasteiger partial charge on any atom is 0.325 e. The quantitative estimate of drug-likeness (QED) is 0.770. The highest BCUT2D eigenvalue weighted by Gasteiger charge is 2.46. The predicted octanol–water partition coefficient (Wildman–Crippen LogP) is 1.84. The molecule has 3 rings (SSSR count). The van der Waals surface area contributed by atoms with Crippen molar-refractivity contribution in [2.24, 2.45) is 0 Å². The van der Waals surface area contributed by atoms with E-state index in [1.807, 2.05) is 0 Å². The van der Waals surface area contributed by atoms with Crippen molar-refractivity contribution >= 4 is 29.3 Å². The Kier molecular flexibility index (Phi) is 4.02. The van der Waals surface area contributed by atoms with Crippen LogP contribution < -0.4 is 4.74 Å². The SMILES string of the molecule is COC(=O)CN1CC2(CCC1=O)CC(=O)c1ccc(Cl)cc1O2. The second-order valence-electron chi connectivity index (χ2n) is 5.85. The second-order valence-corrected chi connectivity index (χ2v) is 6.29. The molecule has 0 N–H and O–H groups in total. The minimum Gasteiger partial charge on any atom is -0.484 e. The van der Waals surface area contributed by atoms with Crippen molar-refractivity contribution in [2.75, 3.05) is 20.2 Å². The molecule has 1 spiro atoms. The Morgan fingerprint density at radius 3 is 2.96 bits per heavy atom. The van der Waals surface area contributed by atoms with E-state index in [0.717, 1.165) is 0 Å². The first-order valence-corrected chi connectivity index (χ1v) is 7.67. The Hall–Kier alpha value is -2.08. The van der Waals surface area contributed by atoms with Gasteiger partial charge < -0.3 is 14.4 Å². The molecule has 1 aromatic rings. The Morgan fingerprint density at radius 2 is 2.22 bits per heavy atom. The van der Waals surface area contributed by atoms with E-state index in [0.29, 0.717) is 22.8 Å². The van der Waals surface area contributed by atoms with Crippen LogP contribution in [0, 0.1) is 0 Å². The van der Waals surface area contributed by atoms with Crippen molar-refractivity contribution < 1.29 is 23.9 Å². The van der Waals surface area contributed by atoms with Crippen LogP contribution in [0.25, 0.3) is 0 Å². The number of hydrogen-bond donors (Lipinski definition) is 0.